The summed E-state index contributed by atoms with van der Waals surface area (Å²) in [5.74, 6) is 0.542. The van der Waals surface area contributed by atoms with Crippen LogP contribution < -0.4 is 10.6 Å². The predicted molar refractivity (Wildman–Crippen MR) is 94.1 cm³/mol. The first kappa shape index (κ1) is 19.9. The second-order valence-corrected chi connectivity index (χ2v) is 8.94. The van der Waals surface area contributed by atoms with Crippen LogP contribution in [0, 0.1) is 5.92 Å². The van der Waals surface area contributed by atoms with E-state index in [1.54, 1.807) is 12.1 Å². The van der Waals surface area contributed by atoms with E-state index in [1.807, 2.05) is 13.8 Å². The van der Waals surface area contributed by atoms with Gasteiger partial charge in [0.2, 0.25) is 0 Å². The summed E-state index contributed by atoms with van der Waals surface area (Å²) >= 11 is 1.20. The highest BCUT2D eigenvalue weighted by molar-refractivity contribution is 7.91. The van der Waals surface area contributed by atoms with Crippen LogP contribution in [0.15, 0.2) is 16.3 Å². The van der Waals surface area contributed by atoms with Crippen molar-refractivity contribution in [2.24, 2.45) is 5.92 Å². The largest absolute Gasteiger partial charge is 0.338 e. The number of sulfonamides is 1. The summed E-state index contributed by atoms with van der Waals surface area (Å²) in [6.45, 7) is 9.69. The molecule has 0 aliphatic rings. The van der Waals surface area contributed by atoms with Crippen molar-refractivity contribution < 1.29 is 13.2 Å². The molecule has 0 atom stereocenters. The number of rotatable bonds is 9. The Kier molecular flexibility index (Phi) is 8.01. The van der Waals surface area contributed by atoms with Crippen LogP contribution in [0.2, 0.25) is 0 Å². The molecule has 0 spiro atoms. The Hall–Kier alpha value is -1.12. The highest BCUT2D eigenvalue weighted by atomic mass is 32.2. The molecule has 0 fully saturated rings. The molecule has 23 heavy (non-hydrogen) atoms. The van der Waals surface area contributed by atoms with Gasteiger partial charge in [0.25, 0.3) is 10.0 Å². The molecular formula is C15H27N3O3S2. The van der Waals surface area contributed by atoms with Crippen LogP contribution in [-0.4, -0.2) is 38.4 Å². The highest BCUT2D eigenvalue weighted by Crippen LogP contribution is 2.24. The molecule has 1 aromatic heterocycles. The molecule has 0 radical (unpaired) electrons. The van der Waals surface area contributed by atoms with Gasteiger partial charge >= 0.3 is 6.03 Å². The molecule has 1 rings (SSSR count). The lowest BCUT2D eigenvalue weighted by Gasteiger charge is -2.16. The van der Waals surface area contributed by atoms with Gasteiger partial charge in [0, 0.05) is 24.5 Å². The summed E-state index contributed by atoms with van der Waals surface area (Å²) in [5, 5.41) is 5.53. The van der Waals surface area contributed by atoms with E-state index in [1.165, 1.54) is 15.6 Å². The van der Waals surface area contributed by atoms with Crippen molar-refractivity contribution in [3.8, 4) is 0 Å². The molecule has 0 saturated heterocycles. The minimum atomic E-state index is -3.42. The maximum Gasteiger partial charge on any atom is 0.315 e. The van der Waals surface area contributed by atoms with Crippen molar-refractivity contribution in [1.29, 1.82) is 0 Å². The third kappa shape index (κ3) is 6.12. The Morgan fingerprint density at radius 3 is 2.43 bits per heavy atom. The molecule has 8 heteroatoms. The lowest BCUT2D eigenvalue weighted by Crippen LogP contribution is -2.35. The zero-order valence-electron chi connectivity index (χ0n) is 14.3. The Balaban J connectivity index is 2.56. The Labute approximate surface area is 143 Å². The number of nitrogens with zero attached hydrogens (tertiary/aromatic N) is 1. The Bertz CT molecular complexity index is 593. The predicted octanol–water partition coefficient (Wildman–Crippen LogP) is 2.62. The first-order chi connectivity index (χ1) is 10.8. The minimum absolute atomic E-state index is 0.229. The molecule has 1 aromatic rings. The second-order valence-electron chi connectivity index (χ2n) is 5.60. The monoisotopic (exact) mass is 361 g/mol. The summed E-state index contributed by atoms with van der Waals surface area (Å²) in [6.07, 6.45) is 0.929. The van der Waals surface area contributed by atoms with E-state index in [9.17, 15) is 13.2 Å². The molecule has 2 amide bonds. The molecule has 0 unspecified atom stereocenters. The summed E-state index contributed by atoms with van der Waals surface area (Å²) in [5.41, 5.74) is 0. The number of hydrogen-bond donors (Lipinski definition) is 2. The maximum absolute atomic E-state index is 12.4. The molecule has 132 valence electrons. The number of amides is 2. The van der Waals surface area contributed by atoms with Gasteiger partial charge in [-0.15, -0.1) is 11.3 Å². The van der Waals surface area contributed by atoms with E-state index in [-0.39, 0.29) is 6.03 Å². The van der Waals surface area contributed by atoms with Crippen LogP contribution in [0.1, 0.15) is 39.0 Å². The zero-order chi connectivity index (χ0) is 17.5. The summed E-state index contributed by atoms with van der Waals surface area (Å²) in [7, 11) is -3.42. The summed E-state index contributed by atoms with van der Waals surface area (Å²) < 4.78 is 26.5. The lowest BCUT2D eigenvalue weighted by molar-refractivity contribution is 0.240. The van der Waals surface area contributed by atoms with E-state index < -0.39 is 10.0 Å². The van der Waals surface area contributed by atoms with Crippen molar-refractivity contribution in [3.05, 3.63) is 17.0 Å². The molecule has 0 aliphatic carbocycles. The van der Waals surface area contributed by atoms with Gasteiger partial charge in [0.1, 0.15) is 4.21 Å². The van der Waals surface area contributed by atoms with Gasteiger partial charge < -0.3 is 10.6 Å². The third-order valence-electron chi connectivity index (χ3n) is 3.37. The molecular weight excluding hydrogens is 334 g/mol. The standard InChI is InChI=1S/C15H27N3O3S2/c1-5-18(6-2)23(20,21)14-8-7-13(22-14)11-17-15(19)16-10-9-12(3)4/h7-8,12H,5-6,9-11H2,1-4H3,(H2,16,17,19). The van der Waals surface area contributed by atoms with Crippen molar-refractivity contribution in [3.63, 3.8) is 0 Å². The summed E-state index contributed by atoms with van der Waals surface area (Å²) in [6, 6.07) is 3.12. The molecule has 6 nitrogen and oxygen atoms in total. The number of thiophene rings is 1. The van der Waals surface area contributed by atoms with Crippen LogP contribution in [0.5, 0.6) is 0 Å². The van der Waals surface area contributed by atoms with Crippen LogP contribution in [-0.2, 0) is 16.6 Å². The van der Waals surface area contributed by atoms with E-state index in [4.69, 9.17) is 0 Å². The SMILES string of the molecule is CCN(CC)S(=O)(=O)c1ccc(CNC(=O)NCCC(C)C)s1. The average Bonchev–Trinajstić information content (AvgIpc) is 2.95. The number of urea groups is 1. The number of hydrogen-bond acceptors (Lipinski definition) is 4. The molecule has 0 aliphatic heterocycles. The second kappa shape index (κ2) is 9.24. The first-order valence-corrected chi connectivity index (χ1v) is 10.2. The fourth-order valence-electron chi connectivity index (χ4n) is 1.99. The van der Waals surface area contributed by atoms with Gasteiger partial charge in [0.05, 0.1) is 6.54 Å². The number of carbonyl (C=O) groups is 1. The molecule has 0 aromatic carbocycles. The van der Waals surface area contributed by atoms with Gasteiger partial charge in [-0.2, -0.15) is 4.31 Å². The van der Waals surface area contributed by atoms with Crippen LogP contribution in [0.3, 0.4) is 0 Å². The normalized spacial score (nSPS) is 11.9. The van der Waals surface area contributed by atoms with Gasteiger partial charge in [-0.05, 0) is 24.5 Å². The average molecular weight is 362 g/mol. The lowest BCUT2D eigenvalue weighted by atomic mass is 10.1. The Morgan fingerprint density at radius 2 is 1.87 bits per heavy atom. The van der Waals surface area contributed by atoms with Gasteiger partial charge in [-0.3, -0.25) is 0 Å². The quantitative estimate of drug-likeness (QED) is 0.710. The van der Waals surface area contributed by atoms with Crippen LogP contribution in [0.4, 0.5) is 4.79 Å². The fraction of sp³-hybridized carbons (Fsp3) is 0.667. The van der Waals surface area contributed by atoms with Crippen molar-refractivity contribution >= 4 is 27.4 Å². The van der Waals surface area contributed by atoms with Gasteiger partial charge in [0.15, 0.2) is 0 Å². The molecule has 0 saturated carbocycles. The van der Waals surface area contributed by atoms with Gasteiger partial charge in [-0.25, -0.2) is 13.2 Å². The van der Waals surface area contributed by atoms with Gasteiger partial charge in [-0.1, -0.05) is 27.7 Å². The van der Waals surface area contributed by atoms with Crippen LogP contribution in [0.25, 0.3) is 0 Å². The summed E-state index contributed by atoms with van der Waals surface area (Å²) in [4.78, 5) is 12.5. The molecule has 0 bridgehead atoms. The van der Waals surface area contributed by atoms with Crippen molar-refractivity contribution in [2.75, 3.05) is 19.6 Å². The van der Waals surface area contributed by atoms with E-state index in [0.717, 1.165) is 11.3 Å². The number of carbonyl (C=O) groups excluding carboxylic acids is 1. The molecule has 2 N–H and O–H groups in total. The van der Waals surface area contributed by atoms with E-state index >= 15 is 0 Å². The fourth-order valence-corrected chi connectivity index (χ4v) is 4.89. The van der Waals surface area contributed by atoms with Crippen molar-refractivity contribution in [2.45, 2.75) is 44.9 Å². The van der Waals surface area contributed by atoms with E-state index in [2.05, 4.69) is 24.5 Å². The van der Waals surface area contributed by atoms with E-state index in [0.29, 0.717) is 36.3 Å². The third-order valence-corrected chi connectivity index (χ3v) is 6.97. The van der Waals surface area contributed by atoms with Crippen molar-refractivity contribution in [1.82, 2.24) is 14.9 Å². The van der Waals surface area contributed by atoms with Crippen LogP contribution >= 0.6 is 11.3 Å². The minimum Gasteiger partial charge on any atom is -0.338 e. The zero-order valence-corrected chi connectivity index (χ0v) is 15.9. The number of nitrogens with one attached hydrogen (secondary N) is 2. The Morgan fingerprint density at radius 1 is 1.22 bits per heavy atom. The maximum atomic E-state index is 12.4. The topological polar surface area (TPSA) is 78.5 Å². The smallest absolute Gasteiger partial charge is 0.315 e. The highest BCUT2D eigenvalue weighted by Gasteiger charge is 2.23. The molecule has 1 heterocycles. The first-order valence-electron chi connectivity index (χ1n) is 7.91.